The van der Waals surface area contributed by atoms with Gasteiger partial charge >= 0.3 is 0 Å². The fourth-order valence-electron chi connectivity index (χ4n) is 9.67. The van der Waals surface area contributed by atoms with E-state index in [-0.39, 0.29) is 0 Å². The molecular formula is C50H30N2. The number of aromatic nitrogens is 2. The lowest BCUT2D eigenvalue weighted by Gasteiger charge is -2.27. The molecule has 1 aliphatic heterocycles. The van der Waals surface area contributed by atoms with E-state index in [9.17, 15) is 0 Å². The Balaban J connectivity index is 1.09. The Morgan fingerprint density at radius 3 is 1.60 bits per heavy atom. The van der Waals surface area contributed by atoms with Gasteiger partial charge in [-0.1, -0.05) is 158 Å². The number of imidazole rings is 1. The van der Waals surface area contributed by atoms with Crippen LogP contribution in [-0.4, -0.2) is 9.55 Å². The second kappa shape index (κ2) is 10.2. The van der Waals surface area contributed by atoms with Crippen molar-refractivity contribution >= 4 is 43.4 Å². The maximum absolute atomic E-state index is 5.56. The van der Waals surface area contributed by atoms with Crippen LogP contribution in [0.3, 0.4) is 0 Å². The second-order valence-electron chi connectivity index (χ2n) is 14.2. The molecule has 9 aromatic carbocycles. The smallest absolute Gasteiger partial charge is 0.134 e. The first-order valence-corrected chi connectivity index (χ1v) is 18.1. The van der Waals surface area contributed by atoms with Crippen LogP contribution in [0, 0.1) is 0 Å². The molecule has 10 aromatic rings. The summed E-state index contributed by atoms with van der Waals surface area (Å²) in [5, 5.41) is 7.75. The van der Waals surface area contributed by atoms with Crippen molar-refractivity contribution < 1.29 is 0 Å². The summed E-state index contributed by atoms with van der Waals surface area (Å²) in [7, 11) is 0. The highest BCUT2D eigenvalue weighted by molar-refractivity contribution is 6.25. The molecule has 1 aromatic heterocycles. The minimum atomic E-state index is -0.486. The van der Waals surface area contributed by atoms with E-state index in [4.69, 9.17) is 4.98 Å². The van der Waals surface area contributed by atoms with Gasteiger partial charge in [-0.3, -0.25) is 4.57 Å². The molecule has 0 fully saturated rings. The van der Waals surface area contributed by atoms with Crippen molar-refractivity contribution in [2.45, 2.75) is 5.41 Å². The Labute approximate surface area is 300 Å². The number of rotatable bonds is 2. The molecule has 0 amide bonds. The average Bonchev–Trinajstić information content (AvgIpc) is 3.85. The third-order valence-corrected chi connectivity index (χ3v) is 11.8. The number of benzene rings is 9. The fraction of sp³-hybridized carbons (Fsp3) is 0.0200. The zero-order chi connectivity index (χ0) is 34.0. The molecule has 0 atom stereocenters. The van der Waals surface area contributed by atoms with Crippen molar-refractivity contribution in [3.8, 4) is 39.1 Å². The summed E-state index contributed by atoms with van der Waals surface area (Å²) in [5.41, 5.74) is 14.1. The predicted octanol–water partition coefficient (Wildman–Crippen LogP) is 12.5. The molecule has 1 aliphatic carbocycles. The van der Waals surface area contributed by atoms with Gasteiger partial charge in [0.15, 0.2) is 0 Å². The first-order valence-electron chi connectivity index (χ1n) is 18.1. The third kappa shape index (κ3) is 3.46. The van der Waals surface area contributed by atoms with E-state index >= 15 is 0 Å². The molecule has 240 valence electrons. The minimum Gasteiger partial charge on any atom is -0.294 e. The Kier molecular flexibility index (Phi) is 5.46. The zero-order valence-electron chi connectivity index (χ0n) is 28.2. The lowest BCUT2D eigenvalue weighted by molar-refractivity contribution is 0.738. The maximum atomic E-state index is 5.56. The quantitative estimate of drug-likeness (QED) is 0.169. The van der Waals surface area contributed by atoms with Crippen LogP contribution in [0.4, 0.5) is 0 Å². The topological polar surface area (TPSA) is 17.8 Å². The molecule has 0 N–H and O–H groups in total. The molecule has 0 saturated carbocycles. The summed E-state index contributed by atoms with van der Waals surface area (Å²) >= 11 is 0. The molecule has 0 saturated heterocycles. The van der Waals surface area contributed by atoms with Crippen molar-refractivity contribution in [1.29, 1.82) is 0 Å². The lowest BCUT2D eigenvalue weighted by atomic mass is 9.73. The van der Waals surface area contributed by atoms with E-state index in [0.29, 0.717) is 0 Å². The summed E-state index contributed by atoms with van der Waals surface area (Å²) in [6.07, 6.45) is 0. The summed E-state index contributed by atoms with van der Waals surface area (Å²) < 4.78 is 2.46. The Bertz CT molecular complexity index is 3060. The van der Waals surface area contributed by atoms with E-state index in [1.807, 2.05) is 0 Å². The number of nitrogens with zero attached hydrogens (tertiary/aromatic N) is 2. The van der Waals surface area contributed by atoms with Gasteiger partial charge in [-0.05, 0) is 101 Å². The first-order chi connectivity index (χ1) is 25.8. The van der Waals surface area contributed by atoms with E-state index in [0.717, 1.165) is 16.9 Å². The number of hydrogen-bond donors (Lipinski definition) is 0. The van der Waals surface area contributed by atoms with Gasteiger partial charge in [-0.15, -0.1) is 0 Å². The van der Waals surface area contributed by atoms with Crippen LogP contribution in [0.5, 0.6) is 0 Å². The van der Waals surface area contributed by atoms with Crippen LogP contribution in [0.15, 0.2) is 182 Å². The van der Waals surface area contributed by atoms with Gasteiger partial charge < -0.3 is 0 Å². The molecular weight excluding hydrogens is 629 g/mol. The highest BCUT2D eigenvalue weighted by atomic mass is 15.1. The van der Waals surface area contributed by atoms with E-state index in [2.05, 4.69) is 187 Å². The third-order valence-electron chi connectivity index (χ3n) is 11.8. The molecule has 0 unspecified atom stereocenters. The molecule has 52 heavy (non-hydrogen) atoms. The fourth-order valence-corrected chi connectivity index (χ4v) is 9.67. The van der Waals surface area contributed by atoms with E-state index < -0.39 is 5.41 Å². The Morgan fingerprint density at radius 2 is 0.885 bits per heavy atom. The van der Waals surface area contributed by atoms with Gasteiger partial charge in [-0.25, -0.2) is 4.98 Å². The van der Waals surface area contributed by atoms with Gasteiger partial charge in [0.1, 0.15) is 11.2 Å². The van der Waals surface area contributed by atoms with Crippen LogP contribution >= 0.6 is 0 Å². The summed E-state index contributed by atoms with van der Waals surface area (Å²) in [4.78, 5) is 5.56. The largest absolute Gasteiger partial charge is 0.294 e. The van der Waals surface area contributed by atoms with Crippen molar-refractivity contribution in [3.63, 3.8) is 0 Å². The molecule has 2 nitrogen and oxygen atoms in total. The summed E-state index contributed by atoms with van der Waals surface area (Å²) in [6.45, 7) is 0. The first kappa shape index (κ1) is 28.0. The molecule has 2 heteroatoms. The zero-order valence-corrected chi connectivity index (χ0v) is 28.2. The maximum Gasteiger partial charge on any atom is 0.134 e. The minimum absolute atomic E-state index is 0.486. The molecule has 0 bridgehead atoms. The normalized spacial score (nSPS) is 13.5. The predicted molar refractivity (Wildman–Crippen MR) is 215 cm³/mol. The molecule has 0 radical (unpaired) electrons. The Morgan fingerprint density at radius 1 is 0.365 bits per heavy atom. The number of hydrogen-bond acceptors (Lipinski definition) is 1. The van der Waals surface area contributed by atoms with Gasteiger partial charge in [0, 0.05) is 5.56 Å². The second-order valence-corrected chi connectivity index (χ2v) is 14.2. The van der Waals surface area contributed by atoms with Crippen LogP contribution in [-0.2, 0) is 5.41 Å². The van der Waals surface area contributed by atoms with Crippen LogP contribution in [0.2, 0.25) is 0 Å². The van der Waals surface area contributed by atoms with Gasteiger partial charge in [0.2, 0.25) is 0 Å². The van der Waals surface area contributed by atoms with Crippen molar-refractivity contribution in [2.24, 2.45) is 0 Å². The number of fused-ring (bicyclic) bond motifs is 18. The highest BCUT2D eigenvalue weighted by Crippen LogP contribution is 2.60. The monoisotopic (exact) mass is 658 g/mol. The SMILES string of the molecule is c1cc(-c2ccc3c4ccccc4c4ccccc4c3c2)cc(-c2cccc3nc4n(c23)-c2ccccc2C42c3ccccc3-c3ccccc32)c1. The van der Waals surface area contributed by atoms with Crippen molar-refractivity contribution in [1.82, 2.24) is 9.55 Å². The summed E-state index contributed by atoms with van der Waals surface area (Å²) in [6, 6.07) is 67.0. The number of para-hydroxylation sites is 2. The molecule has 12 rings (SSSR count). The van der Waals surface area contributed by atoms with Crippen LogP contribution in [0.1, 0.15) is 22.5 Å². The average molecular weight is 659 g/mol. The van der Waals surface area contributed by atoms with Crippen molar-refractivity contribution in [3.05, 3.63) is 205 Å². The van der Waals surface area contributed by atoms with Gasteiger partial charge in [0.05, 0.1) is 16.7 Å². The standard InChI is InChI=1S/C50H30N2/c1-2-17-37-35(15-1)36-16-3-4-18-38(36)42-30-32(27-28-39(37)42)31-13-11-14-33(29-31)34-21-12-25-46-48(34)52-47-26-10-9-24-45(47)50(49(52)51-46)43-22-7-5-19-40(43)41-20-6-8-23-44(41)50/h1-30H. The molecule has 2 heterocycles. The van der Waals surface area contributed by atoms with E-state index in [1.54, 1.807) is 0 Å². The van der Waals surface area contributed by atoms with Gasteiger partial charge in [0.25, 0.3) is 0 Å². The Hall–Kier alpha value is -6.77. The summed E-state index contributed by atoms with van der Waals surface area (Å²) in [5.74, 6) is 1.07. The molecule has 1 spiro atoms. The van der Waals surface area contributed by atoms with Gasteiger partial charge in [-0.2, -0.15) is 0 Å². The van der Waals surface area contributed by atoms with Crippen LogP contribution < -0.4 is 0 Å². The molecule has 2 aliphatic rings. The lowest BCUT2D eigenvalue weighted by Crippen LogP contribution is -2.27. The van der Waals surface area contributed by atoms with E-state index in [1.165, 1.54) is 88.1 Å². The van der Waals surface area contributed by atoms with Crippen molar-refractivity contribution in [2.75, 3.05) is 0 Å². The highest BCUT2D eigenvalue weighted by Gasteiger charge is 2.54. The van der Waals surface area contributed by atoms with Crippen LogP contribution in [0.25, 0.3) is 82.4 Å².